The Balaban J connectivity index is 2.40. The summed E-state index contributed by atoms with van der Waals surface area (Å²) < 4.78 is 38.0. The van der Waals surface area contributed by atoms with Gasteiger partial charge >= 0.3 is 6.18 Å². The van der Waals surface area contributed by atoms with Gasteiger partial charge in [-0.15, -0.1) is 0 Å². The fourth-order valence-electron chi connectivity index (χ4n) is 1.75. The molecule has 0 bridgehead atoms. The van der Waals surface area contributed by atoms with Crippen molar-refractivity contribution in [3.63, 3.8) is 0 Å². The van der Waals surface area contributed by atoms with Gasteiger partial charge in [0.25, 0.3) is 11.6 Å². The third kappa shape index (κ3) is 3.73. The van der Waals surface area contributed by atoms with Gasteiger partial charge < -0.3 is 11.1 Å². The van der Waals surface area contributed by atoms with Crippen LogP contribution in [0.3, 0.4) is 0 Å². The predicted octanol–water partition coefficient (Wildman–Crippen LogP) is 2.85. The first kappa shape index (κ1) is 16.2. The molecule has 0 radical (unpaired) electrons. The molecule has 10 heteroatoms. The quantitative estimate of drug-likeness (QED) is 0.663. The van der Waals surface area contributed by atoms with Crippen molar-refractivity contribution < 1.29 is 22.9 Å². The van der Waals surface area contributed by atoms with E-state index in [-0.39, 0.29) is 17.1 Å². The van der Waals surface area contributed by atoms with Crippen molar-refractivity contribution in [1.29, 1.82) is 0 Å². The maximum atomic E-state index is 12.7. The zero-order chi connectivity index (χ0) is 17.2. The molecule has 7 nitrogen and oxygen atoms in total. The number of pyridine rings is 1. The zero-order valence-corrected chi connectivity index (χ0v) is 11.3. The average Bonchev–Trinajstić information content (AvgIpc) is 2.46. The highest BCUT2D eigenvalue weighted by molar-refractivity contribution is 5.98. The number of carbonyl (C=O) groups is 1. The zero-order valence-electron chi connectivity index (χ0n) is 11.3. The van der Waals surface area contributed by atoms with Gasteiger partial charge in [-0.2, -0.15) is 13.2 Å². The minimum atomic E-state index is -4.53. The molecule has 120 valence electrons. The number of hydrogen-bond acceptors (Lipinski definition) is 5. The number of benzene rings is 1. The minimum Gasteiger partial charge on any atom is -0.365 e. The molecule has 23 heavy (non-hydrogen) atoms. The fourth-order valence-corrected chi connectivity index (χ4v) is 1.75. The number of halogens is 3. The molecule has 0 atom stereocenters. The third-order valence-electron chi connectivity index (χ3n) is 2.80. The first-order valence-electron chi connectivity index (χ1n) is 6.07. The maximum Gasteiger partial charge on any atom is 0.416 e. The number of aromatic nitrogens is 1. The molecule has 3 N–H and O–H groups in total. The molecule has 0 unspecified atom stereocenters. The van der Waals surface area contributed by atoms with Crippen LogP contribution < -0.4 is 11.1 Å². The van der Waals surface area contributed by atoms with E-state index in [1.54, 1.807) is 0 Å². The number of amides is 1. The number of primary amides is 1. The molecule has 0 aliphatic carbocycles. The Kier molecular flexibility index (Phi) is 4.16. The Morgan fingerprint density at radius 3 is 2.57 bits per heavy atom. The van der Waals surface area contributed by atoms with Crippen molar-refractivity contribution in [2.75, 3.05) is 5.32 Å². The molecule has 2 rings (SSSR count). The second-order valence-corrected chi connectivity index (χ2v) is 4.41. The summed E-state index contributed by atoms with van der Waals surface area (Å²) in [6.07, 6.45) is -3.67. The number of nitrogens with one attached hydrogen (secondary N) is 1. The van der Waals surface area contributed by atoms with E-state index in [0.717, 1.165) is 24.4 Å². The van der Waals surface area contributed by atoms with E-state index in [4.69, 9.17) is 5.73 Å². The second-order valence-electron chi connectivity index (χ2n) is 4.41. The minimum absolute atomic E-state index is 0.00341. The molecule has 0 fully saturated rings. The van der Waals surface area contributed by atoms with Crippen LogP contribution in [0.5, 0.6) is 0 Å². The molecule has 0 saturated heterocycles. The molecule has 0 aliphatic rings. The van der Waals surface area contributed by atoms with Crippen LogP contribution in [-0.4, -0.2) is 15.8 Å². The van der Waals surface area contributed by atoms with E-state index in [9.17, 15) is 28.1 Å². The second kappa shape index (κ2) is 5.91. The van der Waals surface area contributed by atoms with E-state index in [0.29, 0.717) is 0 Å². The summed E-state index contributed by atoms with van der Waals surface area (Å²) in [6, 6.07) is 5.08. The van der Waals surface area contributed by atoms with Crippen molar-refractivity contribution in [2.24, 2.45) is 5.73 Å². The molecule has 1 aromatic carbocycles. The molecule has 0 spiro atoms. The van der Waals surface area contributed by atoms with E-state index in [1.807, 2.05) is 0 Å². The highest BCUT2D eigenvalue weighted by Crippen LogP contribution is 2.31. The van der Waals surface area contributed by atoms with Gasteiger partial charge in [0, 0.05) is 11.8 Å². The standard InChI is InChI=1S/C13H9F3N4O3/c14-13(15,16)7-2-1-3-8(4-7)19-12-10(11(17)21)5-9(6-18-12)20(22)23/h1-6H,(H2,17,21)(H,18,19). The predicted molar refractivity (Wildman–Crippen MR) is 74.1 cm³/mol. The van der Waals surface area contributed by atoms with Crippen molar-refractivity contribution in [3.05, 3.63) is 57.8 Å². The van der Waals surface area contributed by atoms with Gasteiger partial charge in [0.05, 0.1) is 16.1 Å². The Labute approximate surface area is 127 Å². The molecule has 2 aromatic rings. The lowest BCUT2D eigenvalue weighted by Gasteiger charge is -2.11. The van der Waals surface area contributed by atoms with Crippen molar-refractivity contribution in [2.45, 2.75) is 6.18 Å². The van der Waals surface area contributed by atoms with E-state index in [1.165, 1.54) is 12.1 Å². The van der Waals surface area contributed by atoms with E-state index in [2.05, 4.69) is 10.3 Å². The normalized spacial score (nSPS) is 11.1. The molecule has 0 saturated carbocycles. The SMILES string of the molecule is NC(=O)c1cc([N+](=O)[O-])cnc1Nc1cccc(C(F)(F)F)c1. The van der Waals surface area contributed by atoms with Crippen LogP contribution in [0.15, 0.2) is 36.5 Å². The monoisotopic (exact) mass is 326 g/mol. The van der Waals surface area contributed by atoms with Crippen molar-refractivity contribution >= 4 is 23.1 Å². The summed E-state index contributed by atoms with van der Waals surface area (Å²) in [5.41, 5.74) is 3.45. The first-order chi connectivity index (χ1) is 10.7. The molecule has 1 aromatic heterocycles. The van der Waals surface area contributed by atoms with Crippen LogP contribution >= 0.6 is 0 Å². The highest BCUT2D eigenvalue weighted by atomic mass is 19.4. The largest absolute Gasteiger partial charge is 0.416 e. The van der Waals surface area contributed by atoms with Gasteiger partial charge in [-0.1, -0.05) is 6.07 Å². The summed E-state index contributed by atoms with van der Waals surface area (Å²) in [5, 5.41) is 13.2. The summed E-state index contributed by atoms with van der Waals surface area (Å²) in [7, 11) is 0. The van der Waals surface area contributed by atoms with Crippen LogP contribution in [0.1, 0.15) is 15.9 Å². The summed E-state index contributed by atoms with van der Waals surface area (Å²) in [5.74, 6) is -1.18. The van der Waals surface area contributed by atoms with Crippen LogP contribution in [-0.2, 0) is 6.18 Å². The topological polar surface area (TPSA) is 111 Å². The molecule has 0 aliphatic heterocycles. The van der Waals surface area contributed by atoms with E-state index < -0.39 is 28.3 Å². The van der Waals surface area contributed by atoms with Crippen molar-refractivity contribution in [1.82, 2.24) is 4.98 Å². The van der Waals surface area contributed by atoms with Gasteiger partial charge in [0.2, 0.25) is 0 Å². The van der Waals surface area contributed by atoms with Crippen molar-refractivity contribution in [3.8, 4) is 0 Å². The van der Waals surface area contributed by atoms with Crippen LogP contribution in [0.25, 0.3) is 0 Å². The van der Waals surface area contributed by atoms with Crippen LogP contribution in [0, 0.1) is 10.1 Å². The maximum absolute atomic E-state index is 12.7. The first-order valence-corrected chi connectivity index (χ1v) is 6.07. The van der Waals surface area contributed by atoms with Crippen LogP contribution in [0.2, 0.25) is 0 Å². The van der Waals surface area contributed by atoms with Gasteiger partial charge in [0.1, 0.15) is 12.0 Å². The fraction of sp³-hybridized carbons (Fsp3) is 0.0769. The van der Waals surface area contributed by atoms with E-state index >= 15 is 0 Å². The van der Waals surface area contributed by atoms with Gasteiger partial charge in [0.15, 0.2) is 0 Å². The molecular weight excluding hydrogens is 317 g/mol. The lowest BCUT2D eigenvalue weighted by Crippen LogP contribution is -2.15. The molecular formula is C13H9F3N4O3. The third-order valence-corrected chi connectivity index (χ3v) is 2.80. The number of nitrogens with two attached hydrogens (primary N) is 1. The van der Waals surface area contributed by atoms with Crippen LogP contribution in [0.4, 0.5) is 30.4 Å². The van der Waals surface area contributed by atoms with Gasteiger partial charge in [-0.25, -0.2) is 4.98 Å². The van der Waals surface area contributed by atoms with Gasteiger partial charge in [-0.3, -0.25) is 14.9 Å². The summed E-state index contributed by atoms with van der Waals surface area (Å²) in [6.45, 7) is 0. The number of anilines is 2. The number of rotatable bonds is 4. The summed E-state index contributed by atoms with van der Waals surface area (Å²) >= 11 is 0. The van der Waals surface area contributed by atoms with Gasteiger partial charge in [-0.05, 0) is 18.2 Å². The number of nitrogens with zero attached hydrogens (tertiary/aromatic N) is 2. The number of nitro groups is 1. The Morgan fingerprint density at radius 2 is 2.00 bits per heavy atom. The lowest BCUT2D eigenvalue weighted by molar-refractivity contribution is -0.385. The summed E-state index contributed by atoms with van der Waals surface area (Å²) in [4.78, 5) is 24.9. The molecule has 1 amide bonds. The number of carbonyl (C=O) groups excluding carboxylic acids is 1. The Morgan fingerprint density at radius 1 is 1.30 bits per heavy atom. The molecule has 1 heterocycles. The average molecular weight is 326 g/mol. The Bertz CT molecular complexity index is 777. The lowest BCUT2D eigenvalue weighted by atomic mass is 10.2. The Hall–Kier alpha value is -3.17. The smallest absolute Gasteiger partial charge is 0.365 e. The number of hydrogen-bond donors (Lipinski definition) is 2. The number of alkyl halides is 3. The highest BCUT2D eigenvalue weighted by Gasteiger charge is 2.30.